The first-order valence-corrected chi connectivity index (χ1v) is 8.99. The smallest absolute Gasteiger partial charge is 0.274 e. The van der Waals surface area contributed by atoms with Crippen molar-refractivity contribution in [2.75, 3.05) is 24.9 Å². The Labute approximate surface area is 164 Å². The van der Waals surface area contributed by atoms with Crippen LogP contribution in [-0.2, 0) is 6.42 Å². The number of para-hydroxylation sites is 1. The van der Waals surface area contributed by atoms with Gasteiger partial charge in [-0.3, -0.25) is 4.79 Å². The van der Waals surface area contributed by atoms with E-state index in [9.17, 15) is 4.79 Å². The summed E-state index contributed by atoms with van der Waals surface area (Å²) >= 11 is 0. The molecule has 0 radical (unpaired) electrons. The Bertz CT molecular complexity index is 955. The number of ether oxygens (including phenoxy) is 2. The van der Waals surface area contributed by atoms with Gasteiger partial charge in [0.1, 0.15) is 17.2 Å². The quantitative estimate of drug-likeness (QED) is 0.627. The van der Waals surface area contributed by atoms with Crippen molar-refractivity contribution in [2.24, 2.45) is 0 Å². The molecule has 0 spiro atoms. The molecule has 6 nitrogen and oxygen atoms in total. The largest absolute Gasteiger partial charge is 0.497 e. The number of benzene rings is 2. The van der Waals surface area contributed by atoms with E-state index in [2.05, 4.69) is 28.6 Å². The van der Waals surface area contributed by atoms with E-state index in [1.54, 1.807) is 37.6 Å². The van der Waals surface area contributed by atoms with Crippen LogP contribution < -0.4 is 20.1 Å². The molecular weight excluding hydrogens is 354 g/mol. The highest BCUT2D eigenvalue weighted by Crippen LogP contribution is 2.29. The fourth-order valence-corrected chi connectivity index (χ4v) is 2.80. The number of carbonyl (C=O) groups is 1. The van der Waals surface area contributed by atoms with E-state index in [0.29, 0.717) is 22.9 Å². The van der Waals surface area contributed by atoms with Crippen molar-refractivity contribution in [3.8, 4) is 11.5 Å². The number of nitrogens with one attached hydrogen (secondary N) is 2. The fourth-order valence-electron chi connectivity index (χ4n) is 2.80. The normalized spacial score (nSPS) is 10.2. The van der Waals surface area contributed by atoms with Crippen LogP contribution in [0.2, 0.25) is 0 Å². The Morgan fingerprint density at radius 3 is 2.50 bits per heavy atom. The summed E-state index contributed by atoms with van der Waals surface area (Å²) in [6.45, 7) is 2.11. The lowest BCUT2D eigenvalue weighted by Gasteiger charge is -2.12. The number of aromatic nitrogens is 1. The number of rotatable bonds is 7. The highest BCUT2D eigenvalue weighted by atomic mass is 16.5. The first-order chi connectivity index (χ1) is 13.6. The van der Waals surface area contributed by atoms with Crippen LogP contribution in [-0.4, -0.2) is 25.1 Å². The lowest BCUT2D eigenvalue weighted by Crippen LogP contribution is -2.14. The minimum Gasteiger partial charge on any atom is -0.497 e. The number of methoxy groups -OCH3 is 2. The zero-order chi connectivity index (χ0) is 19.9. The Balaban J connectivity index is 1.72. The number of pyridine rings is 1. The summed E-state index contributed by atoms with van der Waals surface area (Å²) in [6, 6.07) is 16.8. The molecule has 0 bridgehead atoms. The molecule has 144 valence electrons. The number of nitrogens with zero attached hydrogens (tertiary/aromatic N) is 1. The van der Waals surface area contributed by atoms with E-state index < -0.39 is 0 Å². The van der Waals surface area contributed by atoms with Crippen LogP contribution >= 0.6 is 0 Å². The number of hydrogen-bond donors (Lipinski definition) is 2. The number of aryl methyl sites for hydroxylation is 1. The highest BCUT2D eigenvalue weighted by molar-refractivity contribution is 6.03. The minimum atomic E-state index is -0.316. The van der Waals surface area contributed by atoms with Gasteiger partial charge in [-0.2, -0.15) is 0 Å². The number of hydrogen-bond acceptors (Lipinski definition) is 5. The molecule has 3 aromatic rings. The summed E-state index contributed by atoms with van der Waals surface area (Å²) in [7, 11) is 3.11. The molecule has 28 heavy (non-hydrogen) atoms. The lowest BCUT2D eigenvalue weighted by molar-refractivity contribution is 0.102. The van der Waals surface area contributed by atoms with Crippen LogP contribution in [0.3, 0.4) is 0 Å². The third kappa shape index (κ3) is 4.40. The van der Waals surface area contributed by atoms with Gasteiger partial charge in [-0.05, 0) is 42.3 Å². The summed E-state index contributed by atoms with van der Waals surface area (Å²) in [6.07, 6.45) is 2.58. The van der Waals surface area contributed by atoms with Crippen molar-refractivity contribution in [1.82, 2.24) is 4.98 Å². The molecule has 0 aliphatic heterocycles. The van der Waals surface area contributed by atoms with Crippen molar-refractivity contribution in [3.63, 3.8) is 0 Å². The molecule has 1 aromatic heterocycles. The predicted molar refractivity (Wildman–Crippen MR) is 111 cm³/mol. The van der Waals surface area contributed by atoms with Gasteiger partial charge in [-0.25, -0.2) is 4.98 Å². The first-order valence-electron chi connectivity index (χ1n) is 8.99. The Hall–Kier alpha value is -3.54. The number of anilines is 3. The van der Waals surface area contributed by atoms with E-state index >= 15 is 0 Å². The van der Waals surface area contributed by atoms with Gasteiger partial charge in [-0.1, -0.05) is 25.1 Å². The highest BCUT2D eigenvalue weighted by Gasteiger charge is 2.12. The monoisotopic (exact) mass is 377 g/mol. The fraction of sp³-hybridized carbons (Fsp3) is 0.182. The van der Waals surface area contributed by atoms with Crippen molar-refractivity contribution in [3.05, 3.63) is 72.1 Å². The van der Waals surface area contributed by atoms with E-state index in [0.717, 1.165) is 17.8 Å². The molecule has 6 heteroatoms. The third-order valence-corrected chi connectivity index (χ3v) is 4.33. The van der Waals surface area contributed by atoms with E-state index in [1.807, 2.05) is 24.3 Å². The number of carbonyl (C=O) groups excluding carboxylic acids is 1. The van der Waals surface area contributed by atoms with E-state index in [4.69, 9.17) is 9.47 Å². The molecule has 0 aliphatic carbocycles. The van der Waals surface area contributed by atoms with Gasteiger partial charge < -0.3 is 20.1 Å². The van der Waals surface area contributed by atoms with Gasteiger partial charge in [-0.15, -0.1) is 0 Å². The maximum atomic E-state index is 12.5. The second-order valence-corrected chi connectivity index (χ2v) is 6.09. The lowest BCUT2D eigenvalue weighted by atomic mass is 10.1. The second-order valence-electron chi connectivity index (χ2n) is 6.09. The Morgan fingerprint density at radius 1 is 1.00 bits per heavy atom. The standard InChI is InChI=1S/C22H23N3O3/c1-4-15-7-5-6-8-18(15)24-16-9-11-20(23-14-16)22(26)25-19-12-10-17(27-2)13-21(19)28-3/h5-14,24H,4H2,1-3H3,(H,25,26). The molecule has 1 heterocycles. The average Bonchev–Trinajstić information content (AvgIpc) is 2.74. The predicted octanol–water partition coefficient (Wildman–Crippen LogP) is 4.66. The topological polar surface area (TPSA) is 72.5 Å². The van der Waals surface area contributed by atoms with Crippen LogP contribution in [0.5, 0.6) is 11.5 Å². The molecular formula is C22H23N3O3. The minimum absolute atomic E-state index is 0.312. The molecule has 2 N–H and O–H groups in total. The zero-order valence-electron chi connectivity index (χ0n) is 16.2. The van der Waals surface area contributed by atoms with Gasteiger partial charge in [0, 0.05) is 11.8 Å². The first kappa shape index (κ1) is 19.2. The maximum absolute atomic E-state index is 12.5. The summed E-state index contributed by atoms with van der Waals surface area (Å²) in [4.78, 5) is 16.8. The van der Waals surface area contributed by atoms with Crippen molar-refractivity contribution < 1.29 is 14.3 Å². The van der Waals surface area contributed by atoms with Crippen LogP contribution in [0, 0.1) is 0 Å². The molecule has 0 aliphatic rings. The molecule has 0 saturated heterocycles. The molecule has 2 aromatic carbocycles. The molecule has 0 atom stereocenters. The summed E-state index contributed by atoms with van der Waals surface area (Å²) < 4.78 is 10.5. The molecule has 0 saturated carbocycles. The SMILES string of the molecule is CCc1ccccc1Nc1ccc(C(=O)Nc2ccc(OC)cc2OC)nc1. The van der Waals surface area contributed by atoms with Crippen LogP contribution in [0.4, 0.5) is 17.1 Å². The molecule has 0 fully saturated rings. The second kappa shape index (κ2) is 8.90. The summed E-state index contributed by atoms with van der Waals surface area (Å²) in [5, 5.41) is 6.16. The van der Waals surface area contributed by atoms with Gasteiger partial charge in [0.2, 0.25) is 0 Å². The van der Waals surface area contributed by atoms with Crippen LogP contribution in [0.1, 0.15) is 23.0 Å². The summed E-state index contributed by atoms with van der Waals surface area (Å²) in [5.74, 6) is 0.849. The zero-order valence-corrected chi connectivity index (χ0v) is 16.2. The summed E-state index contributed by atoms with van der Waals surface area (Å²) in [5.41, 5.74) is 3.93. The Kier molecular flexibility index (Phi) is 6.11. The van der Waals surface area contributed by atoms with Crippen molar-refractivity contribution in [1.29, 1.82) is 0 Å². The van der Waals surface area contributed by atoms with Gasteiger partial charge in [0.15, 0.2) is 0 Å². The maximum Gasteiger partial charge on any atom is 0.274 e. The van der Waals surface area contributed by atoms with Gasteiger partial charge in [0.05, 0.1) is 31.8 Å². The van der Waals surface area contributed by atoms with E-state index in [-0.39, 0.29) is 5.91 Å². The van der Waals surface area contributed by atoms with Crippen LogP contribution in [0.15, 0.2) is 60.8 Å². The average molecular weight is 377 g/mol. The number of amides is 1. The van der Waals surface area contributed by atoms with Gasteiger partial charge in [0.25, 0.3) is 5.91 Å². The van der Waals surface area contributed by atoms with E-state index in [1.165, 1.54) is 12.7 Å². The third-order valence-electron chi connectivity index (χ3n) is 4.33. The molecule has 1 amide bonds. The Morgan fingerprint density at radius 2 is 1.82 bits per heavy atom. The van der Waals surface area contributed by atoms with Gasteiger partial charge >= 0.3 is 0 Å². The van der Waals surface area contributed by atoms with Crippen LogP contribution in [0.25, 0.3) is 0 Å². The van der Waals surface area contributed by atoms with Crippen molar-refractivity contribution in [2.45, 2.75) is 13.3 Å². The molecule has 0 unspecified atom stereocenters. The van der Waals surface area contributed by atoms with Crippen molar-refractivity contribution >= 4 is 23.0 Å². The molecule has 3 rings (SSSR count).